The van der Waals surface area contributed by atoms with Gasteiger partial charge in [0.15, 0.2) is 0 Å². The minimum Gasteiger partial charge on any atom is -0.381 e. The molecule has 0 radical (unpaired) electrons. The second kappa shape index (κ2) is 8.66. The highest BCUT2D eigenvalue weighted by molar-refractivity contribution is 7.85. The van der Waals surface area contributed by atoms with Gasteiger partial charge in [0.2, 0.25) is 0 Å². The quantitative estimate of drug-likeness (QED) is 0.602. The van der Waals surface area contributed by atoms with E-state index < -0.39 is 10.8 Å². The molecule has 13 heavy (non-hydrogen) atoms. The van der Waals surface area contributed by atoms with E-state index in [1.54, 1.807) is 0 Å². The van der Waals surface area contributed by atoms with Gasteiger partial charge < -0.3 is 10.5 Å². The Balaban J connectivity index is 3.30. The molecule has 0 aliphatic heterocycles. The third-order valence-corrected chi connectivity index (χ3v) is 3.15. The summed E-state index contributed by atoms with van der Waals surface area (Å²) in [6.07, 6.45) is 1.91. The molecule has 4 heteroatoms. The van der Waals surface area contributed by atoms with Gasteiger partial charge in [-0.2, -0.15) is 0 Å². The average Bonchev–Trinajstić information content (AvgIpc) is 2.12. The fourth-order valence-corrected chi connectivity index (χ4v) is 2.02. The summed E-state index contributed by atoms with van der Waals surface area (Å²) < 4.78 is 16.6. The van der Waals surface area contributed by atoms with Gasteiger partial charge in [-0.3, -0.25) is 4.21 Å². The third kappa shape index (κ3) is 8.40. The van der Waals surface area contributed by atoms with E-state index in [1.165, 1.54) is 0 Å². The Hall–Kier alpha value is 0.0700. The molecule has 0 saturated carbocycles. The van der Waals surface area contributed by atoms with Crippen molar-refractivity contribution >= 4 is 10.8 Å². The van der Waals surface area contributed by atoms with E-state index >= 15 is 0 Å². The Labute approximate surface area is 83.5 Å². The summed E-state index contributed by atoms with van der Waals surface area (Å²) in [5.74, 6) is 1.22. The summed E-state index contributed by atoms with van der Waals surface area (Å²) in [6.45, 7) is 5.42. The van der Waals surface area contributed by atoms with Gasteiger partial charge in [0, 0.05) is 35.0 Å². The fraction of sp³-hybridized carbons (Fsp3) is 1.00. The fourth-order valence-electron chi connectivity index (χ4n) is 0.838. The Morgan fingerprint density at radius 3 is 2.62 bits per heavy atom. The standard InChI is InChI=1S/C9H21NO2S/c1-3-5-12-6-7-13(11)8-9(10)4-2/h9H,3-8,10H2,1-2H3. The smallest absolute Gasteiger partial charge is 0.0581 e. The first-order valence-corrected chi connectivity index (χ1v) is 6.37. The SMILES string of the molecule is CCCOCCS(=O)CC(N)CC. The average molecular weight is 207 g/mol. The van der Waals surface area contributed by atoms with Crippen LogP contribution in [0.5, 0.6) is 0 Å². The lowest BCUT2D eigenvalue weighted by Gasteiger charge is -2.08. The summed E-state index contributed by atoms with van der Waals surface area (Å²) in [7, 11) is -0.803. The van der Waals surface area contributed by atoms with Gasteiger partial charge in [0.05, 0.1) is 6.61 Å². The molecule has 0 bridgehead atoms. The maximum absolute atomic E-state index is 11.3. The zero-order chi connectivity index (χ0) is 10.1. The molecule has 3 nitrogen and oxygen atoms in total. The molecule has 0 heterocycles. The van der Waals surface area contributed by atoms with Gasteiger partial charge in [-0.25, -0.2) is 0 Å². The van der Waals surface area contributed by atoms with Crippen LogP contribution < -0.4 is 5.73 Å². The molecule has 0 aliphatic rings. The number of nitrogens with two attached hydrogens (primary N) is 1. The van der Waals surface area contributed by atoms with Crippen molar-refractivity contribution in [3.63, 3.8) is 0 Å². The highest BCUT2D eigenvalue weighted by atomic mass is 32.2. The van der Waals surface area contributed by atoms with Gasteiger partial charge in [-0.1, -0.05) is 13.8 Å². The van der Waals surface area contributed by atoms with Crippen LogP contribution in [0.4, 0.5) is 0 Å². The molecular formula is C9H21NO2S. The molecule has 80 valence electrons. The van der Waals surface area contributed by atoms with Crippen molar-refractivity contribution in [2.75, 3.05) is 24.7 Å². The molecule has 0 aromatic carbocycles. The van der Waals surface area contributed by atoms with Crippen molar-refractivity contribution < 1.29 is 8.95 Å². The van der Waals surface area contributed by atoms with Crippen LogP contribution >= 0.6 is 0 Å². The van der Waals surface area contributed by atoms with E-state index in [0.717, 1.165) is 19.4 Å². The molecule has 0 fully saturated rings. The highest BCUT2D eigenvalue weighted by Gasteiger charge is 2.05. The number of hydrogen-bond donors (Lipinski definition) is 1. The van der Waals surface area contributed by atoms with Gasteiger partial charge >= 0.3 is 0 Å². The third-order valence-electron chi connectivity index (χ3n) is 1.73. The van der Waals surface area contributed by atoms with Crippen molar-refractivity contribution in [2.24, 2.45) is 5.73 Å². The minimum absolute atomic E-state index is 0.0759. The van der Waals surface area contributed by atoms with Crippen LogP contribution in [0.3, 0.4) is 0 Å². The van der Waals surface area contributed by atoms with E-state index in [2.05, 4.69) is 6.92 Å². The molecule has 2 atom stereocenters. The molecule has 0 aliphatic carbocycles. The van der Waals surface area contributed by atoms with Gasteiger partial charge in [-0.05, 0) is 12.8 Å². The Bertz CT molecular complexity index is 142. The van der Waals surface area contributed by atoms with Crippen molar-refractivity contribution in [1.82, 2.24) is 0 Å². The molecule has 0 saturated heterocycles. The minimum atomic E-state index is -0.803. The lowest BCUT2D eigenvalue weighted by Crippen LogP contribution is -2.27. The van der Waals surface area contributed by atoms with Gasteiger partial charge in [0.1, 0.15) is 0 Å². The van der Waals surface area contributed by atoms with Crippen molar-refractivity contribution in [3.8, 4) is 0 Å². The Kier molecular flexibility index (Phi) is 8.71. The molecule has 0 rings (SSSR count). The van der Waals surface area contributed by atoms with E-state index in [1.807, 2.05) is 6.92 Å². The summed E-state index contributed by atoms with van der Waals surface area (Å²) in [6, 6.07) is 0.0759. The van der Waals surface area contributed by atoms with E-state index in [9.17, 15) is 4.21 Å². The van der Waals surface area contributed by atoms with Crippen LogP contribution in [0, 0.1) is 0 Å². The predicted molar refractivity (Wildman–Crippen MR) is 57.3 cm³/mol. The maximum atomic E-state index is 11.3. The zero-order valence-electron chi connectivity index (χ0n) is 8.62. The molecule has 2 unspecified atom stereocenters. The molecular weight excluding hydrogens is 186 g/mol. The largest absolute Gasteiger partial charge is 0.381 e. The Morgan fingerprint density at radius 2 is 2.08 bits per heavy atom. The van der Waals surface area contributed by atoms with Gasteiger partial charge in [-0.15, -0.1) is 0 Å². The van der Waals surface area contributed by atoms with Crippen LogP contribution in [0.15, 0.2) is 0 Å². The van der Waals surface area contributed by atoms with E-state index in [0.29, 0.717) is 18.1 Å². The molecule has 0 aromatic heterocycles. The summed E-state index contributed by atoms with van der Waals surface area (Å²) in [5, 5.41) is 0. The summed E-state index contributed by atoms with van der Waals surface area (Å²) >= 11 is 0. The van der Waals surface area contributed by atoms with Gasteiger partial charge in [0.25, 0.3) is 0 Å². The number of rotatable bonds is 8. The molecule has 0 spiro atoms. The Morgan fingerprint density at radius 1 is 1.38 bits per heavy atom. The first kappa shape index (κ1) is 13.1. The lowest BCUT2D eigenvalue weighted by molar-refractivity contribution is 0.150. The summed E-state index contributed by atoms with van der Waals surface area (Å²) in [5.41, 5.74) is 5.67. The normalized spacial score (nSPS) is 15.6. The molecule has 2 N–H and O–H groups in total. The van der Waals surface area contributed by atoms with Crippen molar-refractivity contribution in [1.29, 1.82) is 0 Å². The second-order valence-corrected chi connectivity index (χ2v) is 4.71. The predicted octanol–water partition coefficient (Wildman–Crippen LogP) is 0.899. The molecule has 0 aromatic rings. The van der Waals surface area contributed by atoms with Crippen LogP contribution in [0.25, 0.3) is 0 Å². The first-order valence-electron chi connectivity index (χ1n) is 4.89. The number of hydrogen-bond acceptors (Lipinski definition) is 3. The topological polar surface area (TPSA) is 52.3 Å². The maximum Gasteiger partial charge on any atom is 0.0581 e. The van der Waals surface area contributed by atoms with Crippen LogP contribution in [-0.4, -0.2) is 35.0 Å². The monoisotopic (exact) mass is 207 g/mol. The summed E-state index contributed by atoms with van der Waals surface area (Å²) in [4.78, 5) is 0. The van der Waals surface area contributed by atoms with E-state index in [-0.39, 0.29) is 6.04 Å². The van der Waals surface area contributed by atoms with Crippen LogP contribution in [0.2, 0.25) is 0 Å². The first-order chi connectivity index (χ1) is 6.20. The molecule has 0 amide bonds. The second-order valence-electron chi connectivity index (χ2n) is 3.09. The van der Waals surface area contributed by atoms with Crippen LogP contribution in [-0.2, 0) is 15.5 Å². The highest BCUT2D eigenvalue weighted by Crippen LogP contribution is 1.92. The number of ether oxygens (including phenoxy) is 1. The van der Waals surface area contributed by atoms with Crippen molar-refractivity contribution in [2.45, 2.75) is 32.7 Å². The van der Waals surface area contributed by atoms with Crippen LogP contribution in [0.1, 0.15) is 26.7 Å². The zero-order valence-corrected chi connectivity index (χ0v) is 9.44. The van der Waals surface area contributed by atoms with E-state index in [4.69, 9.17) is 10.5 Å². The van der Waals surface area contributed by atoms with Crippen molar-refractivity contribution in [3.05, 3.63) is 0 Å². The lowest BCUT2D eigenvalue weighted by atomic mass is 10.3.